The quantitative estimate of drug-likeness (QED) is 0.396. The van der Waals surface area contributed by atoms with Crippen molar-refractivity contribution in [3.8, 4) is 11.1 Å². The van der Waals surface area contributed by atoms with E-state index in [1.54, 1.807) is 5.41 Å². The number of rotatable bonds is 5. The average molecular weight is 325 g/mol. The van der Waals surface area contributed by atoms with Crippen molar-refractivity contribution in [2.24, 2.45) is 4.99 Å². The summed E-state index contributed by atoms with van der Waals surface area (Å²) in [5.74, 6) is 0. The normalized spacial score (nSPS) is 13.5. The van der Waals surface area contributed by atoms with E-state index in [0.717, 1.165) is 17.7 Å². The fraction of sp³-hybridized carbons (Fsp3) is 0.167. The van der Waals surface area contributed by atoms with E-state index in [4.69, 9.17) is 0 Å². The summed E-state index contributed by atoms with van der Waals surface area (Å²) >= 11 is 4.50. The molecule has 110 valence electrons. The second kappa shape index (κ2) is 6.93. The predicted molar refractivity (Wildman–Crippen MR) is 94.7 cm³/mol. The van der Waals surface area contributed by atoms with Crippen LogP contribution in [-0.2, 0) is 17.2 Å². The number of fused-ring (bicyclic) bond motifs is 3. The maximum atomic E-state index is 12.3. The van der Waals surface area contributed by atoms with Gasteiger partial charge in [0.2, 0.25) is 0 Å². The zero-order chi connectivity index (χ0) is 15.4. The van der Waals surface area contributed by atoms with Crippen molar-refractivity contribution in [1.29, 1.82) is 0 Å². The molecule has 1 atom stereocenters. The molecule has 0 N–H and O–H groups in total. The van der Waals surface area contributed by atoms with Gasteiger partial charge in [0, 0.05) is 10.3 Å². The molecule has 1 aliphatic carbocycles. The first-order chi connectivity index (χ1) is 10.8. The first-order valence-corrected chi connectivity index (χ1v) is 8.74. The van der Waals surface area contributed by atoms with Crippen LogP contribution < -0.4 is 0 Å². The highest BCUT2D eigenvalue weighted by atomic mass is 32.2. The Morgan fingerprint density at radius 1 is 1.18 bits per heavy atom. The molecule has 2 aromatic carbocycles. The predicted octanol–water partition coefficient (Wildman–Crippen LogP) is 4.37. The van der Waals surface area contributed by atoms with Crippen LogP contribution in [0, 0.1) is 0 Å². The molecule has 1 unspecified atom stereocenters. The Kier molecular flexibility index (Phi) is 4.74. The summed E-state index contributed by atoms with van der Waals surface area (Å²) < 4.78 is 12.3. The van der Waals surface area contributed by atoms with Crippen LogP contribution in [0.25, 0.3) is 11.1 Å². The Bertz CT molecular complexity index is 804. The Balaban J connectivity index is 1.76. The molecular formula is C18H15NOS2. The molecule has 0 bridgehead atoms. The van der Waals surface area contributed by atoms with Crippen molar-refractivity contribution in [3.05, 3.63) is 65.1 Å². The molecule has 0 spiro atoms. The molecule has 2 aromatic rings. The lowest BCUT2D eigenvalue weighted by Gasteiger charge is -2.03. The summed E-state index contributed by atoms with van der Waals surface area (Å²) in [7, 11) is -1.12. The molecule has 0 radical (unpaired) electrons. The van der Waals surface area contributed by atoms with E-state index in [1.807, 2.05) is 12.1 Å². The van der Waals surface area contributed by atoms with Gasteiger partial charge in [0.15, 0.2) is 0 Å². The number of aliphatic imine (C=N–C) groups is 1. The molecule has 0 aromatic heterocycles. The van der Waals surface area contributed by atoms with Crippen LogP contribution in [0.3, 0.4) is 0 Å². The fourth-order valence-electron chi connectivity index (χ4n) is 2.67. The lowest BCUT2D eigenvalue weighted by molar-refractivity contribution is 0.688. The minimum absolute atomic E-state index is 0.594. The largest absolute Gasteiger partial charge is 0.250 e. The van der Waals surface area contributed by atoms with Crippen LogP contribution in [0.1, 0.15) is 17.5 Å². The van der Waals surface area contributed by atoms with E-state index in [0.29, 0.717) is 6.54 Å². The molecular weight excluding hydrogens is 310 g/mol. The number of hydrogen-bond acceptors (Lipinski definition) is 3. The second-order valence-electron chi connectivity index (χ2n) is 5.08. The minimum Gasteiger partial charge on any atom is -0.250 e. The summed E-state index contributed by atoms with van der Waals surface area (Å²) in [5, 5.41) is 4.05. The SMILES string of the molecule is O=S(/C=C/CCN=C=S)c1ccc2c(c1)Cc1ccccc1-2. The molecule has 0 saturated heterocycles. The number of hydrogen-bond donors (Lipinski definition) is 0. The number of nitrogens with zero attached hydrogens (tertiary/aromatic N) is 1. The standard InChI is InChI=1S/C18H15NOS2/c20-22(10-4-3-9-19-13-21)16-7-8-18-15(12-16)11-14-5-1-2-6-17(14)18/h1-2,4-8,10,12H,3,9,11H2/b10-4+. The van der Waals surface area contributed by atoms with Crippen molar-refractivity contribution in [2.45, 2.75) is 17.7 Å². The highest BCUT2D eigenvalue weighted by Gasteiger charge is 2.18. The van der Waals surface area contributed by atoms with Gasteiger partial charge in [-0.25, -0.2) is 9.20 Å². The van der Waals surface area contributed by atoms with Crippen molar-refractivity contribution < 1.29 is 4.21 Å². The van der Waals surface area contributed by atoms with Gasteiger partial charge in [0.1, 0.15) is 0 Å². The van der Waals surface area contributed by atoms with Gasteiger partial charge in [-0.3, -0.25) is 0 Å². The molecule has 22 heavy (non-hydrogen) atoms. The van der Waals surface area contributed by atoms with Crippen LogP contribution in [0.15, 0.2) is 63.8 Å². The van der Waals surface area contributed by atoms with Crippen molar-refractivity contribution in [1.82, 2.24) is 0 Å². The lowest BCUT2D eigenvalue weighted by atomic mass is 10.1. The summed E-state index contributed by atoms with van der Waals surface area (Å²) in [6.07, 6.45) is 3.53. The van der Waals surface area contributed by atoms with E-state index in [2.05, 4.69) is 58.8 Å². The average Bonchev–Trinajstić information content (AvgIpc) is 2.92. The Morgan fingerprint density at radius 2 is 2.00 bits per heavy atom. The van der Waals surface area contributed by atoms with Crippen molar-refractivity contribution in [2.75, 3.05) is 6.54 Å². The summed E-state index contributed by atoms with van der Waals surface area (Å²) in [6.45, 7) is 0.594. The van der Waals surface area contributed by atoms with Gasteiger partial charge < -0.3 is 0 Å². The van der Waals surface area contributed by atoms with Crippen LogP contribution in [0.4, 0.5) is 0 Å². The topological polar surface area (TPSA) is 29.4 Å². The summed E-state index contributed by atoms with van der Waals surface area (Å²) in [5.41, 5.74) is 5.15. The van der Waals surface area contributed by atoms with Gasteiger partial charge in [0.25, 0.3) is 0 Å². The lowest BCUT2D eigenvalue weighted by Crippen LogP contribution is -1.90. The first-order valence-electron chi connectivity index (χ1n) is 7.11. The number of isothiocyanates is 1. The van der Waals surface area contributed by atoms with Crippen LogP contribution in [0.2, 0.25) is 0 Å². The van der Waals surface area contributed by atoms with Crippen molar-refractivity contribution >= 4 is 28.2 Å². The minimum atomic E-state index is -1.12. The van der Waals surface area contributed by atoms with Crippen LogP contribution in [0.5, 0.6) is 0 Å². The van der Waals surface area contributed by atoms with Gasteiger partial charge in [-0.15, -0.1) is 0 Å². The van der Waals surface area contributed by atoms with Gasteiger partial charge in [0.05, 0.1) is 22.5 Å². The molecule has 4 heteroatoms. The van der Waals surface area contributed by atoms with Crippen LogP contribution in [-0.4, -0.2) is 15.9 Å². The summed E-state index contributed by atoms with van der Waals surface area (Å²) in [4.78, 5) is 4.67. The van der Waals surface area contributed by atoms with E-state index >= 15 is 0 Å². The molecule has 1 aliphatic rings. The smallest absolute Gasteiger partial charge is 0.0772 e. The third kappa shape index (κ3) is 3.14. The second-order valence-corrected chi connectivity index (χ2v) is 6.60. The molecule has 2 nitrogen and oxygen atoms in total. The van der Waals surface area contributed by atoms with E-state index in [9.17, 15) is 4.21 Å². The van der Waals surface area contributed by atoms with E-state index in [1.165, 1.54) is 22.3 Å². The molecule has 3 rings (SSSR count). The van der Waals surface area contributed by atoms with Crippen LogP contribution >= 0.6 is 12.2 Å². The Labute approximate surface area is 138 Å². The molecule has 0 aliphatic heterocycles. The number of thiocarbonyl (C=S) groups is 1. The van der Waals surface area contributed by atoms with Crippen molar-refractivity contribution in [3.63, 3.8) is 0 Å². The third-order valence-corrected chi connectivity index (χ3v) is 4.98. The third-order valence-electron chi connectivity index (χ3n) is 3.69. The summed E-state index contributed by atoms with van der Waals surface area (Å²) in [6, 6.07) is 14.5. The highest BCUT2D eigenvalue weighted by molar-refractivity contribution is 7.88. The molecule has 0 amide bonds. The molecule has 0 heterocycles. The zero-order valence-corrected chi connectivity index (χ0v) is 13.6. The monoisotopic (exact) mass is 325 g/mol. The van der Waals surface area contributed by atoms with Gasteiger partial charge >= 0.3 is 0 Å². The van der Waals surface area contributed by atoms with Gasteiger partial charge in [-0.05, 0) is 59.4 Å². The van der Waals surface area contributed by atoms with Gasteiger partial charge in [-0.1, -0.05) is 36.4 Å². The maximum absolute atomic E-state index is 12.3. The molecule has 0 fully saturated rings. The maximum Gasteiger partial charge on any atom is 0.0772 e. The number of benzene rings is 2. The Morgan fingerprint density at radius 3 is 2.86 bits per heavy atom. The van der Waals surface area contributed by atoms with Gasteiger partial charge in [-0.2, -0.15) is 0 Å². The fourth-order valence-corrected chi connectivity index (χ4v) is 3.69. The molecule has 0 saturated carbocycles. The van der Waals surface area contributed by atoms with E-state index in [-0.39, 0.29) is 0 Å². The first kappa shape index (κ1) is 15.0. The highest BCUT2D eigenvalue weighted by Crippen LogP contribution is 2.37. The zero-order valence-electron chi connectivity index (χ0n) is 12.0. The Hall–Kier alpha value is -1.87. The van der Waals surface area contributed by atoms with E-state index < -0.39 is 10.8 Å².